The molecule has 0 fully saturated rings. The Morgan fingerprint density at radius 1 is 1.48 bits per heavy atom. The van der Waals surface area contributed by atoms with Gasteiger partial charge in [-0.25, -0.2) is 0 Å². The maximum Gasteiger partial charge on any atom is 0.196 e. The van der Waals surface area contributed by atoms with Crippen molar-refractivity contribution in [2.24, 2.45) is 5.18 Å². The second-order valence-electron chi connectivity index (χ2n) is 4.22. The standard InChI is InChI=1S/C14H15IN2O4/c1-9-12(6-11(15)7-13(9)17-21)14(20)10(8-19)2-3-16-4-5-18/h2,6-8,16,18H,3-5H2,1H3/b10-2+. The Morgan fingerprint density at radius 3 is 2.76 bits per heavy atom. The predicted octanol–water partition coefficient (Wildman–Crippen LogP) is 1.89. The topological polar surface area (TPSA) is 95.8 Å². The van der Waals surface area contributed by atoms with Crippen LogP contribution in [0.25, 0.3) is 0 Å². The van der Waals surface area contributed by atoms with Crippen LogP contribution in [0.5, 0.6) is 0 Å². The van der Waals surface area contributed by atoms with Gasteiger partial charge in [0.25, 0.3) is 0 Å². The number of Topliss-reactive ketones (excluding diaryl/α,β-unsaturated/α-hetero) is 1. The third kappa shape index (κ3) is 4.80. The number of hydrogen-bond donors (Lipinski definition) is 2. The molecule has 0 radical (unpaired) electrons. The van der Waals surface area contributed by atoms with E-state index in [1.165, 1.54) is 6.08 Å². The summed E-state index contributed by atoms with van der Waals surface area (Å²) >= 11 is 1.98. The van der Waals surface area contributed by atoms with Crippen LogP contribution in [-0.2, 0) is 4.79 Å². The van der Waals surface area contributed by atoms with Gasteiger partial charge in [0.15, 0.2) is 12.1 Å². The third-order valence-electron chi connectivity index (χ3n) is 2.83. The summed E-state index contributed by atoms with van der Waals surface area (Å²) in [5, 5.41) is 14.4. The fourth-order valence-corrected chi connectivity index (χ4v) is 2.31. The number of carbonyl (C=O) groups excluding carboxylic acids is 2. The summed E-state index contributed by atoms with van der Waals surface area (Å²) in [5.41, 5.74) is 0.930. The van der Waals surface area contributed by atoms with Crippen LogP contribution >= 0.6 is 22.6 Å². The van der Waals surface area contributed by atoms with E-state index in [0.29, 0.717) is 28.5 Å². The van der Waals surface area contributed by atoms with Gasteiger partial charge in [0.1, 0.15) is 5.69 Å². The average Bonchev–Trinajstić information content (AvgIpc) is 2.48. The second kappa shape index (κ2) is 8.75. The lowest BCUT2D eigenvalue weighted by Crippen LogP contribution is -2.19. The molecule has 0 unspecified atom stereocenters. The number of aldehydes is 1. The van der Waals surface area contributed by atoms with Crippen LogP contribution in [0.3, 0.4) is 0 Å². The first-order valence-electron chi connectivity index (χ1n) is 6.20. The highest BCUT2D eigenvalue weighted by molar-refractivity contribution is 14.1. The summed E-state index contributed by atoms with van der Waals surface area (Å²) in [4.78, 5) is 34.2. The summed E-state index contributed by atoms with van der Waals surface area (Å²) in [7, 11) is 0. The molecule has 0 saturated heterocycles. The Labute approximate surface area is 135 Å². The van der Waals surface area contributed by atoms with E-state index < -0.39 is 5.78 Å². The molecule has 0 spiro atoms. The molecule has 112 valence electrons. The monoisotopic (exact) mass is 402 g/mol. The molecule has 0 saturated carbocycles. The summed E-state index contributed by atoms with van der Waals surface area (Å²) in [6.07, 6.45) is 1.94. The number of ketones is 1. The molecule has 0 atom stereocenters. The Balaban J connectivity index is 3.08. The Kier molecular flexibility index (Phi) is 7.34. The SMILES string of the molecule is Cc1c(N=O)cc(I)cc1C(=O)/C(C=O)=C/CNCCO. The molecule has 0 aliphatic carbocycles. The number of aliphatic hydroxyl groups is 1. The first-order chi connectivity index (χ1) is 10.0. The van der Waals surface area contributed by atoms with E-state index in [-0.39, 0.29) is 23.4 Å². The average molecular weight is 402 g/mol. The molecular formula is C14H15IN2O4. The number of allylic oxidation sites excluding steroid dienone is 1. The summed E-state index contributed by atoms with van der Waals surface area (Å²) in [5.74, 6) is -0.447. The van der Waals surface area contributed by atoms with Crippen LogP contribution in [-0.4, -0.2) is 36.9 Å². The molecule has 0 heterocycles. The second-order valence-corrected chi connectivity index (χ2v) is 5.47. The van der Waals surface area contributed by atoms with E-state index in [2.05, 4.69) is 10.5 Å². The largest absolute Gasteiger partial charge is 0.395 e. The molecule has 1 aromatic carbocycles. The van der Waals surface area contributed by atoms with E-state index in [0.717, 1.165) is 0 Å². The van der Waals surface area contributed by atoms with Crippen molar-refractivity contribution in [2.45, 2.75) is 6.92 Å². The molecule has 0 aliphatic heterocycles. The molecule has 1 aromatic rings. The van der Waals surface area contributed by atoms with Gasteiger partial charge in [-0.3, -0.25) is 9.59 Å². The minimum atomic E-state index is -0.447. The number of nitroso groups, excluding NO2 is 1. The van der Waals surface area contributed by atoms with Crippen LogP contribution in [0, 0.1) is 15.4 Å². The van der Waals surface area contributed by atoms with Gasteiger partial charge in [-0.1, -0.05) is 6.08 Å². The number of aliphatic hydroxyl groups excluding tert-OH is 1. The van der Waals surface area contributed by atoms with Gasteiger partial charge in [0.2, 0.25) is 0 Å². The minimum absolute atomic E-state index is 0.00221. The molecule has 1 rings (SSSR count). The lowest BCUT2D eigenvalue weighted by molar-refractivity contribution is -0.104. The number of halogens is 1. The van der Waals surface area contributed by atoms with Gasteiger partial charge in [-0.2, -0.15) is 0 Å². The van der Waals surface area contributed by atoms with E-state index in [1.54, 1.807) is 19.1 Å². The Bertz CT molecular complexity index is 585. The number of hydrogen-bond acceptors (Lipinski definition) is 6. The van der Waals surface area contributed by atoms with Gasteiger partial charge in [-0.15, -0.1) is 4.91 Å². The van der Waals surface area contributed by atoms with Crippen LogP contribution in [0.2, 0.25) is 0 Å². The predicted molar refractivity (Wildman–Crippen MR) is 87.8 cm³/mol. The lowest BCUT2D eigenvalue weighted by Gasteiger charge is -2.07. The minimum Gasteiger partial charge on any atom is -0.395 e. The first-order valence-corrected chi connectivity index (χ1v) is 7.28. The number of nitrogens with one attached hydrogen (secondary N) is 1. The molecule has 0 bridgehead atoms. The van der Waals surface area contributed by atoms with Crippen molar-refractivity contribution in [3.63, 3.8) is 0 Å². The zero-order valence-electron chi connectivity index (χ0n) is 11.4. The molecular weight excluding hydrogens is 387 g/mol. The number of nitrogens with zero attached hydrogens (tertiary/aromatic N) is 1. The van der Waals surface area contributed by atoms with Crippen LogP contribution in [0.15, 0.2) is 29.0 Å². The maximum atomic E-state index is 12.4. The number of rotatable bonds is 8. The smallest absolute Gasteiger partial charge is 0.196 e. The third-order valence-corrected chi connectivity index (χ3v) is 3.45. The van der Waals surface area contributed by atoms with Crippen molar-refractivity contribution < 1.29 is 14.7 Å². The molecule has 2 N–H and O–H groups in total. The van der Waals surface area contributed by atoms with E-state index in [1.807, 2.05) is 22.6 Å². The van der Waals surface area contributed by atoms with E-state index in [9.17, 15) is 14.5 Å². The van der Waals surface area contributed by atoms with Gasteiger partial charge in [0.05, 0.1) is 12.2 Å². The maximum absolute atomic E-state index is 12.4. The summed E-state index contributed by atoms with van der Waals surface area (Å²) < 4.78 is 0.694. The molecule has 0 aliphatic rings. The number of carbonyl (C=O) groups is 2. The van der Waals surface area contributed by atoms with Crippen LogP contribution in [0.4, 0.5) is 5.69 Å². The lowest BCUT2D eigenvalue weighted by atomic mass is 9.98. The van der Waals surface area contributed by atoms with Gasteiger partial charge >= 0.3 is 0 Å². The first kappa shape index (κ1) is 17.6. The van der Waals surface area contributed by atoms with Crippen molar-refractivity contribution in [1.29, 1.82) is 0 Å². The van der Waals surface area contributed by atoms with Crippen molar-refractivity contribution in [3.05, 3.63) is 43.4 Å². The van der Waals surface area contributed by atoms with E-state index >= 15 is 0 Å². The molecule has 6 nitrogen and oxygen atoms in total. The number of benzene rings is 1. The Hall–Kier alpha value is -1.45. The van der Waals surface area contributed by atoms with Gasteiger partial charge < -0.3 is 10.4 Å². The zero-order valence-corrected chi connectivity index (χ0v) is 13.6. The molecule has 0 amide bonds. The quantitative estimate of drug-likeness (QED) is 0.101. The highest BCUT2D eigenvalue weighted by atomic mass is 127. The van der Waals surface area contributed by atoms with Crippen molar-refractivity contribution >= 4 is 40.3 Å². The van der Waals surface area contributed by atoms with Crippen LogP contribution in [0.1, 0.15) is 15.9 Å². The molecule has 7 heteroatoms. The van der Waals surface area contributed by atoms with Gasteiger partial charge in [-0.05, 0) is 52.4 Å². The highest BCUT2D eigenvalue weighted by Gasteiger charge is 2.17. The summed E-state index contributed by atoms with van der Waals surface area (Å²) in [6.45, 7) is 2.26. The van der Waals surface area contributed by atoms with Crippen LogP contribution < -0.4 is 5.32 Å². The normalized spacial score (nSPS) is 11.3. The highest BCUT2D eigenvalue weighted by Crippen LogP contribution is 2.26. The summed E-state index contributed by atoms with van der Waals surface area (Å²) in [6, 6.07) is 3.19. The molecule has 0 aromatic heterocycles. The fraction of sp³-hybridized carbons (Fsp3) is 0.286. The van der Waals surface area contributed by atoms with Gasteiger partial charge in [0, 0.05) is 22.2 Å². The van der Waals surface area contributed by atoms with Crippen molar-refractivity contribution in [1.82, 2.24) is 5.32 Å². The van der Waals surface area contributed by atoms with Crippen molar-refractivity contribution in [2.75, 3.05) is 19.7 Å². The molecule has 21 heavy (non-hydrogen) atoms. The fourth-order valence-electron chi connectivity index (χ4n) is 1.71. The van der Waals surface area contributed by atoms with E-state index in [4.69, 9.17) is 5.11 Å². The van der Waals surface area contributed by atoms with Crippen molar-refractivity contribution in [3.8, 4) is 0 Å². The Morgan fingerprint density at radius 2 is 2.19 bits per heavy atom. The zero-order chi connectivity index (χ0) is 15.8.